The number of likely N-dealkylation sites (N-methyl/N-ethyl adjacent to an activating group) is 1. The third-order valence-electron chi connectivity index (χ3n) is 9.52. The zero-order chi connectivity index (χ0) is 23.0. The summed E-state index contributed by atoms with van der Waals surface area (Å²) in [4.78, 5) is 5.20. The van der Waals surface area contributed by atoms with E-state index in [2.05, 4.69) is 56.3 Å². The van der Waals surface area contributed by atoms with Crippen LogP contribution < -0.4 is 0 Å². The van der Waals surface area contributed by atoms with Crippen LogP contribution in [0.1, 0.15) is 65.7 Å². The van der Waals surface area contributed by atoms with E-state index in [9.17, 15) is 10.2 Å². The van der Waals surface area contributed by atoms with Gasteiger partial charge in [-0.05, 0) is 87.7 Å². The van der Waals surface area contributed by atoms with Crippen molar-refractivity contribution in [3.05, 3.63) is 35.5 Å². The average Bonchev–Trinajstić information content (AvgIpc) is 3.10. The van der Waals surface area contributed by atoms with E-state index in [-0.39, 0.29) is 0 Å². The summed E-state index contributed by atoms with van der Waals surface area (Å²) >= 11 is 0. The van der Waals surface area contributed by atoms with E-state index in [0.717, 1.165) is 17.4 Å². The summed E-state index contributed by atoms with van der Waals surface area (Å²) in [5.41, 5.74) is 3.76. The van der Waals surface area contributed by atoms with Gasteiger partial charge in [0.1, 0.15) is 0 Å². The predicted octanol–water partition coefficient (Wildman–Crippen LogP) is 4.40. The maximum atomic E-state index is 10.2. The highest BCUT2D eigenvalue weighted by Crippen LogP contribution is 2.59. The van der Waals surface area contributed by atoms with Crippen LogP contribution in [0.3, 0.4) is 0 Å². The van der Waals surface area contributed by atoms with Crippen molar-refractivity contribution < 1.29 is 10.2 Å². The van der Waals surface area contributed by atoms with Crippen molar-refractivity contribution in [3.8, 4) is 0 Å². The molecule has 3 saturated carbocycles. The lowest BCUT2D eigenvalue weighted by Crippen LogP contribution is -2.52. The van der Waals surface area contributed by atoms with Crippen molar-refractivity contribution in [2.75, 3.05) is 33.2 Å². The fraction of sp³-hybridized carbons (Fsp3) is 0.786. The fourth-order valence-corrected chi connectivity index (χ4v) is 7.59. The minimum atomic E-state index is -0.603. The van der Waals surface area contributed by atoms with Crippen LogP contribution >= 0.6 is 0 Å². The van der Waals surface area contributed by atoms with Gasteiger partial charge < -0.3 is 15.1 Å². The van der Waals surface area contributed by atoms with E-state index >= 15 is 0 Å². The second-order valence-corrected chi connectivity index (χ2v) is 11.8. The zero-order valence-corrected chi connectivity index (χ0v) is 20.9. The summed E-state index contributed by atoms with van der Waals surface area (Å²) < 4.78 is 0. The van der Waals surface area contributed by atoms with Gasteiger partial charge in [-0.1, -0.05) is 43.7 Å². The van der Waals surface area contributed by atoms with Gasteiger partial charge in [0.25, 0.3) is 0 Å². The lowest BCUT2D eigenvalue weighted by atomic mass is 9.61. The topological polar surface area (TPSA) is 46.9 Å². The van der Waals surface area contributed by atoms with Crippen molar-refractivity contribution >= 4 is 0 Å². The number of aliphatic hydroxyl groups excluding tert-OH is 2. The molecule has 4 nitrogen and oxygen atoms in total. The molecule has 7 atom stereocenters. The monoisotopic (exact) mass is 442 g/mol. The summed E-state index contributed by atoms with van der Waals surface area (Å²) in [5, 5.41) is 20.4. The number of allylic oxidation sites excluding steroid dienone is 3. The molecule has 0 bridgehead atoms. The summed E-state index contributed by atoms with van der Waals surface area (Å²) in [6, 6.07) is 0.659. The zero-order valence-electron chi connectivity index (χ0n) is 20.9. The molecule has 0 aromatic heterocycles. The van der Waals surface area contributed by atoms with E-state index in [0.29, 0.717) is 35.8 Å². The van der Waals surface area contributed by atoms with E-state index in [4.69, 9.17) is 0 Å². The molecule has 180 valence electrons. The average molecular weight is 443 g/mol. The molecule has 0 amide bonds. The van der Waals surface area contributed by atoms with Crippen molar-refractivity contribution in [1.29, 1.82) is 0 Å². The molecule has 0 aromatic rings. The first-order valence-corrected chi connectivity index (χ1v) is 13.0. The summed E-state index contributed by atoms with van der Waals surface area (Å²) in [6.45, 7) is 16.2. The molecule has 4 rings (SSSR count). The van der Waals surface area contributed by atoms with Gasteiger partial charge in [-0.25, -0.2) is 0 Å². The normalized spacial score (nSPS) is 41.7. The van der Waals surface area contributed by atoms with Gasteiger partial charge in [-0.2, -0.15) is 0 Å². The standard InChI is InChI=1S/C28H46N2O2/c1-19(17-30-14-13-29(5)18-20(30)2)24-10-11-25-23(7-6-12-28(24,25)4)9-8-22-15-26(31)21(3)27(32)16-22/h8-9,19-20,24-27,31-32H,3,6-7,10-18H2,1-2,4-5H3/b23-9+/t19-,20+,24-,25+,26-,27-,28-/m1/s1. The van der Waals surface area contributed by atoms with E-state index < -0.39 is 12.2 Å². The molecule has 32 heavy (non-hydrogen) atoms. The quantitative estimate of drug-likeness (QED) is 0.634. The van der Waals surface area contributed by atoms with Gasteiger partial charge in [0.2, 0.25) is 0 Å². The molecule has 0 aromatic carbocycles. The number of hydrogen-bond donors (Lipinski definition) is 2. The predicted molar refractivity (Wildman–Crippen MR) is 132 cm³/mol. The van der Waals surface area contributed by atoms with Gasteiger partial charge in [-0.3, -0.25) is 4.90 Å². The van der Waals surface area contributed by atoms with E-state index in [1.54, 1.807) is 5.57 Å². The first-order valence-electron chi connectivity index (χ1n) is 13.0. The highest BCUT2D eigenvalue weighted by atomic mass is 16.3. The molecule has 1 saturated heterocycles. The minimum absolute atomic E-state index is 0.414. The molecule has 0 spiro atoms. The molecule has 1 heterocycles. The van der Waals surface area contributed by atoms with Crippen LogP contribution in [0.4, 0.5) is 0 Å². The van der Waals surface area contributed by atoms with E-state index in [1.807, 2.05) is 0 Å². The Kier molecular flexibility index (Phi) is 7.36. The van der Waals surface area contributed by atoms with Gasteiger partial charge in [-0.15, -0.1) is 0 Å². The van der Waals surface area contributed by atoms with Crippen LogP contribution in [-0.4, -0.2) is 71.5 Å². The SMILES string of the molecule is C=C1[C@H](O)CC(=C/C=C2\CCC[C@]3(C)[C@@H]([C@H](C)CN4CCN(C)C[C@@H]4C)CC[C@@H]23)C[C@H]1O. The second-order valence-electron chi connectivity index (χ2n) is 11.8. The largest absolute Gasteiger partial charge is 0.388 e. The molecular weight excluding hydrogens is 396 g/mol. The Bertz CT molecular complexity index is 743. The minimum Gasteiger partial charge on any atom is -0.388 e. The lowest BCUT2D eigenvalue weighted by Gasteiger charge is -2.46. The molecule has 1 aliphatic heterocycles. The van der Waals surface area contributed by atoms with Gasteiger partial charge >= 0.3 is 0 Å². The molecule has 4 heteroatoms. The number of aliphatic hydroxyl groups is 2. The second kappa shape index (κ2) is 9.74. The summed E-state index contributed by atoms with van der Waals surface area (Å²) in [6.07, 6.45) is 11.1. The summed E-state index contributed by atoms with van der Waals surface area (Å²) in [5.74, 6) is 2.24. The number of hydrogen-bond acceptors (Lipinski definition) is 4. The molecule has 4 fully saturated rings. The fourth-order valence-electron chi connectivity index (χ4n) is 7.59. The summed E-state index contributed by atoms with van der Waals surface area (Å²) in [7, 11) is 2.25. The maximum absolute atomic E-state index is 10.2. The maximum Gasteiger partial charge on any atom is 0.0809 e. The van der Waals surface area contributed by atoms with Crippen molar-refractivity contribution in [3.63, 3.8) is 0 Å². The van der Waals surface area contributed by atoms with Crippen molar-refractivity contribution in [2.24, 2.45) is 23.2 Å². The van der Waals surface area contributed by atoms with Crippen LogP contribution in [0.2, 0.25) is 0 Å². The number of nitrogens with zero attached hydrogens (tertiary/aromatic N) is 2. The highest BCUT2D eigenvalue weighted by Gasteiger charge is 2.50. The van der Waals surface area contributed by atoms with Crippen LogP contribution in [-0.2, 0) is 0 Å². The molecular formula is C28H46N2O2. The Morgan fingerprint density at radius 1 is 1.16 bits per heavy atom. The Morgan fingerprint density at radius 2 is 1.88 bits per heavy atom. The molecule has 3 aliphatic carbocycles. The molecule has 2 N–H and O–H groups in total. The molecule has 4 aliphatic rings. The molecule has 0 unspecified atom stereocenters. The molecule has 0 radical (unpaired) electrons. The van der Waals surface area contributed by atoms with Gasteiger partial charge in [0.05, 0.1) is 12.2 Å². The number of rotatable bonds is 4. The van der Waals surface area contributed by atoms with Crippen molar-refractivity contribution in [2.45, 2.75) is 84.0 Å². The van der Waals surface area contributed by atoms with Crippen LogP contribution in [0.15, 0.2) is 35.5 Å². The van der Waals surface area contributed by atoms with Gasteiger partial charge in [0, 0.05) is 32.2 Å². The Labute approximate surface area is 196 Å². The third kappa shape index (κ3) is 4.80. The van der Waals surface area contributed by atoms with Crippen LogP contribution in [0.5, 0.6) is 0 Å². The first kappa shape index (κ1) is 24.2. The highest BCUT2D eigenvalue weighted by molar-refractivity contribution is 5.29. The number of piperazine rings is 1. The first-order chi connectivity index (χ1) is 15.2. The smallest absolute Gasteiger partial charge is 0.0809 e. The Morgan fingerprint density at radius 3 is 2.56 bits per heavy atom. The Balaban J connectivity index is 1.44. The Hall–Kier alpha value is -0.940. The van der Waals surface area contributed by atoms with Crippen molar-refractivity contribution in [1.82, 2.24) is 9.80 Å². The van der Waals surface area contributed by atoms with Crippen LogP contribution in [0.25, 0.3) is 0 Å². The van der Waals surface area contributed by atoms with E-state index in [1.165, 1.54) is 58.3 Å². The number of fused-ring (bicyclic) bond motifs is 1. The lowest BCUT2D eigenvalue weighted by molar-refractivity contribution is 0.0434. The van der Waals surface area contributed by atoms with Gasteiger partial charge in [0.15, 0.2) is 0 Å². The third-order valence-corrected chi connectivity index (χ3v) is 9.52. The van der Waals surface area contributed by atoms with Crippen LogP contribution in [0, 0.1) is 23.2 Å².